The van der Waals surface area contributed by atoms with E-state index < -0.39 is 10.0 Å². The highest BCUT2D eigenvalue weighted by molar-refractivity contribution is 7.89. The summed E-state index contributed by atoms with van der Waals surface area (Å²) in [6.07, 6.45) is 1.84. The predicted octanol–water partition coefficient (Wildman–Crippen LogP) is 1.40. The lowest BCUT2D eigenvalue weighted by molar-refractivity contribution is 0.394. The average Bonchev–Trinajstić information content (AvgIpc) is 2.70. The van der Waals surface area contributed by atoms with E-state index in [0.717, 1.165) is 29.1 Å². The number of hydrogen-bond acceptors (Lipinski definition) is 5. The topological polar surface area (TPSA) is 61.4 Å². The Morgan fingerprint density at radius 3 is 2.60 bits per heavy atom. The minimum Gasteiger partial charge on any atom is -0.315 e. The van der Waals surface area contributed by atoms with E-state index in [-0.39, 0.29) is 0 Å². The van der Waals surface area contributed by atoms with Crippen LogP contribution in [-0.2, 0) is 16.6 Å². The SMILES string of the molecule is CNCc1cc(S(=O)(=O)NCCCCN(C)C)c(C)s1. The van der Waals surface area contributed by atoms with Gasteiger partial charge in [-0.1, -0.05) is 0 Å². The van der Waals surface area contributed by atoms with Crippen molar-refractivity contribution < 1.29 is 8.42 Å². The molecule has 5 nitrogen and oxygen atoms in total. The van der Waals surface area contributed by atoms with Crippen LogP contribution in [0.1, 0.15) is 22.6 Å². The summed E-state index contributed by atoms with van der Waals surface area (Å²) in [5.41, 5.74) is 0. The summed E-state index contributed by atoms with van der Waals surface area (Å²) in [4.78, 5) is 4.40. The molecule has 0 aromatic carbocycles. The third-order valence-electron chi connectivity index (χ3n) is 2.89. The molecule has 2 N–H and O–H groups in total. The van der Waals surface area contributed by atoms with E-state index in [9.17, 15) is 8.42 Å². The van der Waals surface area contributed by atoms with Crippen molar-refractivity contribution in [3.63, 3.8) is 0 Å². The summed E-state index contributed by atoms with van der Waals surface area (Å²) in [6.45, 7) is 4.02. The lowest BCUT2D eigenvalue weighted by Crippen LogP contribution is -2.25. The van der Waals surface area contributed by atoms with Gasteiger partial charge in [0, 0.05) is 22.8 Å². The molecule has 0 aliphatic carbocycles. The first-order valence-electron chi connectivity index (χ1n) is 6.75. The molecular formula is C13H25N3O2S2. The molecule has 0 unspecified atom stereocenters. The normalized spacial score (nSPS) is 12.2. The number of aryl methyl sites for hydroxylation is 1. The summed E-state index contributed by atoms with van der Waals surface area (Å²) in [5.74, 6) is 0. The van der Waals surface area contributed by atoms with E-state index in [0.29, 0.717) is 18.0 Å². The number of sulfonamides is 1. The van der Waals surface area contributed by atoms with Crippen LogP contribution < -0.4 is 10.0 Å². The molecule has 116 valence electrons. The predicted molar refractivity (Wildman–Crippen MR) is 84.8 cm³/mol. The molecule has 20 heavy (non-hydrogen) atoms. The molecule has 7 heteroatoms. The molecule has 0 saturated carbocycles. The van der Waals surface area contributed by atoms with Gasteiger partial charge in [-0.05, 0) is 53.5 Å². The molecule has 1 aromatic rings. The Bertz CT molecular complexity index is 510. The molecule has 0 aliphatic rings. The lowest BCUT2D eigenvalue weighted by atomic mass is 10.3. The average molecular weight is 319 g/mol. The summed E-state index contributed by atoms with van der Waals surface area (Å²) in [7, 11) is 2.52. The van der Waals surface area contributed by atoms with Crippen LogP contribution >= 0.6 is 11.3 Å². The van der Waals surface area contributed by atoms with Gasteiger partial charge in [-0.3, -0.25) is 0 Å². The summed E-state index contributed by atoms with van der Waals surface area (Å²) in [6, 6.07) is 1.76. The van der Waals surface area contributed by atoms with Crippen molar-refractivity contribution in [1.82, 2.24) is 14.9 Å². The van der Waals surface area contributed by atoms with Gasteiger partial charge in [-0.15, -0.1) is 11.3 Å². The second kappa shape index (κ2) is 8.09. The smallest absolute Gasteiger partial charge is 0.241 e. The Morgan fingerprint density at radius 1 is 1.30 bits per heavy atom. The number of nitrogens with one attached hydrogen (secondary N) is 2. The van der Waals surface area contributed by atoms with E-state index in [2.05, 4.69) is 14.9 Å². The van der Waals surface area contributed by atoms with E-state index in [1.807, 2.05) is 28.1 Å². The van der Waals surface area contributed by atoms with Crippen LogP contribution in [0.2, 0.25) is 0 Å². The van der Waals surface area contributed by atoms with Crippen molar-refractivity contribution in [3.05, 3.63) is 15.8 Å². The standard InChI is InChI=1S/C13H25N3O2S2/c1-11-13(9-12(19-11)10-14-2)20(17,18)15-7-5-6-8-16(3)4/h9,14-15H,5-8,10H2,1-4H3. The van der Waals surface area contributed by atoms with Crippen molar-refractivity contribution in [2.45, 2.75) is 31.2 Å². The number of hydrogen-bond donors (Lipinski definition) is 2. The third kappa shape index (κ3) is 5.49. The largest absolute Gasteiger partial charge is 0.315 e. The monoisotopic (exact) mass is 319 g/mol. The molecule has 0 atom stereocenters. The first-order chi connectivity index (χ1) is 9.36. The molecule has 0 bridgehead atoms. The molecule has 0 fully saturated rings. The van der Waals surface area contributed by atoms with Crippen LogP contribution in [0.25, 0.3) is 0 Å². The van der Waals surface area contributed by atoms with Crippen molar-refractivity contribution >= 4 is 21.4 Å². The van der Waals surface area contributed by atoms with E-state index in [1.54, 1.807) is 6.07 Å². The number of nitrogens with zero attached hydrogens (tertiary/aromatic N) is 1. The van der Waals surface area contributed by atoms with Gasteiger partial charge >= 0.3 is 0 Å². The fourth-order valence-corrected chi connectivity index (χ4v) is 4.61. The fourth-order valence-electron chi connectivity index (χ4n) is 1.89. The van der Waals surface area contributed by atoms with E-state index >= 15 is 0 Å². The Kier molecular flexibility index (Phi) is 7.11. The Labute approximate surface area is 126 Å². The molecule has 0 radical (unpaired) electrons. The zero-order valence-electron chi connectivity index (χ0n) is 12.7. The van der Waals surface area contributed by atoms with E-state index in [1.165, 1.54) is 11.3 Å². The molecule has 0 spiro atoms. The minimum atomic E-state index is -3.37. The molecule has 1 aromatic heterocycles. The maximum absolute atomic E-state index is 12.2. The second-order valence-electron chi connectivity index (χ2n) is 5.07. The van der Waals surface area contributed by atoms with Gasteiger partial charge < -0.3 is 10.2 Å². The zero-order chi connectivity index (χ0) is 15.2. The van der Waals surface area contributed by atoms with Crippen molar-refractivity contribution in [2.75, 3.05) is 34.2 Å². The van der Waals surface area contributed by atoms with Gasteiger partial charge in [0.05, 0.1) is 4.90 Å². The number of unbranched alkanes of at least 4 members (excludes halogenated alkanes) is 1. The van der Waals surface area contributed by atoms with Crippen LogP contribution in [0.15, 0.2) is 11.0 Å². The molecule has 1 heterocycles. The molecule has 0 saturated heterocycles. The van der Waals surface area contributed by atoms with Gasteiger partial charge in [0.2, 0.25) is 10.0 Å². The highest BCUT2D eigenvalue weighted by Gasteiger charge is 2.19. The van der Waals surface area contributed by atoms with Gasteiger partial charge in [-0.25, -0.2) is 13.1 Å². The first-order valence-corrected chi connectivity index (χ1v) is 9.05. The van der Waals surface area contributed by atoms with Crippen LogP contribution in [0, 0.1) is 6.92 Å². The molecule has 0 aliphatic heterocycles. The fraction of sp³-hybridized carbons (Fsp3) is 0.692. The highest BCUT2D eigenvalue weighted by Crippen LogP contribution is 2.25. The maximum atomic E-state index is 12.2. The summed E-state index contributed by atoms with van der Waals surface area (Å²) >= 11 is 1.53. The van der Waals surface area contributed by atoms with Crippen molar-refractivity contribution in [1.29, 1.82) is 0 Å². The Hall–Kier alpha value is -0.470. The van der Waals surface area contributed by atoms with Crippen LogP contribution in [0.3, 0.4) is 0 Å². The Morgan fingerprint density at radius 2 is 2.00 bits per heavy atom. The molecule has 1 rings (SSSR count). The Balaban J connectivity index is 2.55. The lowest BCUT2D eigenvalue weighted by Gasteiger charge is -2.09. The minimum absolute atomic E-state index is 0.417. The highest BCUT2D eigenvalue weighted by atomic mass is 32.2. The quantitative estimate of drug-likeness (QED) is 0.675. The van der Waals surface area contributed by atoms with Crippen molar-refractivity contribution in [3.8, 4) is 0 Å². The van der Waals surface area contributed by atoms with Crippen LogP contribution in [0.4, 0.5) is 0 Å². The second-order valence-corrected chi connectivity index (χ2v) is 8.15. The third-order valence-corrected chi connectivity index (χ3v) is 5.65. The van der Waals surface area contributed by atoms with Crippen LogP contribution in [-0.4, -0.2) is 47.6 Å². The first kappa shape index (κ1) is 17.6. The van der Waals surface area contributed by atoms with Gasteiger partial charge in [-0.2, -0.15) is 0 Å². The molecular weight excluding hydrogens is 294 g/mol. The number of rotatable bonds is 9. The van der Waals surface area contributed by atoms with Crippen LogP contribution in [0.5, 0.6) is 0 Å². The summed E-state index contributed by atoms with van der Waals surface area (Å²) in [5, 5.41) is 3.04. The van der Waals surface area contributed by atoms with E-state index in [4.69, 9.17) is 0 Å². The zero-order valence-corrected chi connectivity index (χ0v) is 14.3. The van der Waals surface area contributed by atoms with Gasteiger partial charge in [0.1, 0.15) is 0 Å². The molecule has 0 amide bonds. The van der Waals surface area contributed by atoms with Gasteiger partial charge in [0.15, 0.2) is 0 Å². The summed E-state index contributed by atoms with van der Waals surface area (Å²) < 4.78 is 27.1. The van der Waals surface area contributed by atoms with Gasteiger partial charge in [0.25, 0.3) is 0 Å². The number of thiophene rings is 1. The van der Waals surface area contributed by atoms with Crippen molar-refractivity contribution in [2.24, 2.45) is 0 Å². The maximum Gasteiger partial charge on any atom is 0.241 e.